The number of para-hydroxylation sites is 1. The van der Waals surface area contributed by atoms with Crippen molar-refractivity contribution in [2.75, 3.05) is 18.2 Å². The minimum atomic E-state index is -0.516. The molecule has 0 aliphatic carbocycles. The number of amides is 1. The maximum Gasteiger partial charge on any atom is 0.339 e. The van der Waals surface area contributed by atoms with Crippen LogP contribution in [0.15, 0.2) is 58.2 Å². The summed E-state index contributed by atoms with van der Waals surface area (Å²) < 4.78 is 11.4. The third-order valence-corrected chi connectivity index (χ3v) is 4.97. The van der Waals surface area contributed by atoms with Crippen molar-refractivity contribution in [1.29, 1.82) is 0 Å². The zero-order chi connectivity index (χ0) is 19.2. The highest BCUT2D eigenvalue weighted by atomic mass is 127. The lowest BCUT2D eigenvalue weighted by molar-refractivity contribution is -0.113. The summed E-state index contributed by atoms with van der Waals surface area (Å²) in [4.78, 5) is 23.9. The van der Waals surface area contributed by atoms with Crippen LogP contribution in [-0.4, -0.2) is 34.9 Å². The fourth-order valence-electron chi connectivity index (χ4n) is 2.17. The van der Waals surface area contributed by atoms with E-state index in [4.69, 9.17) is 9.15 Å². The molecule has 27 heavy (non-hydrogen) atoms. The van der Waals surface area contributed by atoms with Gasteiger partial charge in [0.1, 0.15) is 0 Å². The Kier molecular flexibility index (Phi) is 6.45. The summed E-state index contributed by atoms with van der Waals surface area (Å²) >= 11 is 3.33. The zero-order valence-corrected chi connectivity index (χ0v) is 17.1. The van der Waals surface area contributed by atoms with E-state index in [2.05, 4.69) is 38.1 Å². The number of nitrogens with zero attached hydrogens (tertiary/aromatic N) is 2. The van der Waals surface area contributed by atoms with Gasteiger partial charge in [0, 0.05) is 9.13 Å². The SMILES string of the molecule is COC(=O)c1ccccc1NC(=O)CSc1nnc(-c2ccc(I)cc2)o1. The molecule has 0 aliphatic rings. The topological polar surface area (TPSA) is 94.3 Å². The molecule has 1 amide bonds. The molecule has 1 heterocycles. The van der Waals surface area contributed by atoms with E-state index in [-0.39, 0.29) is 17.2 Å². The van der Waals surface area contributed by atoms with Gasteiger partial charge in [0.25, 0.3) is 5.22 Å². The average molecular weight is 495 g/mol. The van der Waals surface area contributed by atoms with Crippen LogP contribution in [-0.2, 0) is 9.53 Å². The Labute approximate surface area is 173 Å². The lowest BCUT2D eigenvalue weighted by atomic mass is 10.2. The number of halogens is 1. The Morgan fingerprint density at radius 1 is 1.15 bits per heavy atom. The Morgan fingerprint density at radius 3 is 2.63 bits per heavy atom. The molecule has 0 saturated heterocycles. The number of hydrogen-bond donors (Lipinski definition) is 1. The summed E-state index contributed by atoms with van der Waals surface area (Å²) in [5.41, 5.74) is 1.49. The quantitative estimate of drug-likeness (QED) is 0.315. The summed E-state index contributed by atoms with van der Waals surface area (Å²) in [6.45, 7) is 0. The molecule has 0 aliphatic heterocycles. The van der Waals surface area contributed by atoms with E-state index in [1.54, 1.807) is 24.3 Å². The molecule has 0 bridgehead atoms. The lowest BCUT2D eigenvalue weighted by Crippen LogP contribution is -2.17. The third kappa shape index (κ3) is 5.07. The van der Waals surface area contributed by atoms with Crippen molar-refractivity contribution in [3.8, 4) is 11.5 Å². The molecule has 0 fully saturated rings. The van der Waals surface area contributed by atoms with Gasteiger partial charge in [0.05, 0.1) is 24.1 Å². The van der Waals surface area contributed by atoms with Crippen LogP contribution in [0.4, 0.5) is 5.69 Å². The van der Waals surface area contributed by atoms with Crippen LogP contribution < -0.4 is 5.32 Å². The van der Waals surface area contributed by atoms with Gasteiger partial charge < -0.3 is 14.5 Å². The van der Waals surface area contributed by atoms with Crippen molar-refractivity contribution in [1.82, 2.24) is 10.2 Å². The fraction of sp³-hybridized carbons (Fsp3) is 0.111. The van der Waals surface area contributed by atoms with Gasteiger partial charge in [0.2, 0.25) is 11.8 Å². The monoisotopic (exact) mass is 495 g/mol. The van der Waals surface area contributed by atoms with E-state index in [1.807, 2.05) is 24.3 Å². The average Bonchev–Trinajstić information content (AvgIpc) is 3.16. The highest BCUT2D eigenvalue weighted by molar-refractivity contribution is 14.1. The molecular formula is C18H14IN3O4S. The highest BCUT2D eigenvalue weighted by Gasteiger charge is 2.15. The van der Waals surface area contributed by atoms with Crippen molar-refractivity contribution >= 4 is 51.9 Å². The number of carbonyl (C=O) groups is 2. The number of hydrogen-bond acceptors (Lipinski definition) is 7. The molecule has 0 unspecified atom stereocenters. The first-order chi connectivity index (χ1) is 13.1. The van der Waals surface area contributed by atoms with Gasteiger partial charge in [-0.2, -0.15) is 0 Å². The molecule has 2 aromatic carbocycles. The molecule has 7 nitrogen and oxygen atoms in total. The normalized spacial score (nSPS) is 10.4. The predicted octanol–water partition coefficient (Wildman–Crippen LogP) is 3.86. The van der Waals surface area contributed by atoms with Crippen LogP contribution in [0.3, 0.4) is 0 Å². The van der Waals surface area contributed by atoms with Crippen LogP contribution in [0, 0.1) is 3.57 Å². The largest absolute Gasteiger partial charge is 0.465 e. The highest BCUT2D eigenvalue weighted by Crippen LogP contribution is 2.24. The van der Waals surface area contributed by atoms with Crippen molar-refractivity contribution in [3.05, 3.63) is 57.7 Å². The van der Waals surface area contributed by atoms with E-state index in [0.29, 0.717) is 16.8 Å². The van der Waals surface area contributed by atoms with Crippen LogP contribution in [0.2, 0.25) is 0 Å². The van der Waals surface area contributed by atoms with E-state index in [9.17, 15) is 9.59 Å². The molecule has 0 atom stereocenters. The molecule has 0 saturated carbocycles. The molecule has 138 valence electrons. The van der Waals surface area contributed by atoms with E-state index in [0.717, 1.165) is 20.9 Å². The lowest BCUT2D eigenvalue weighted by Gasteiger charge is -2.08. The minimum absolute atomic E-state index is 0.0594. The number of ether oxygens (including phenoxy) is 1. The molecule has 9 heteroatoms. The smallest absolute Gasteiger partial charge is 0.339 e. The van der Waals surface area contributed by atoms with Gasteiger partial charge in [-0.15, -0.1) is 10.2 Å². The number of nitrogens with one attached hydrogen (secondary N) is 1. The Bertz CT molecular complexity index is 959. The van der Waals surface area contributed by atoms with Crippen molar-refractivity contribution in [2.45, 2.75) is 5.22 Å². The second-order valence-corrected chi connectivity index (χ2v) is 7.43. The number of thioether (sulfide) groups is 1. The first-order valence-electron chi connectivity index (χ1n) is 7.76. The van der Waals surface area contributed by atoms with Crippen LogP contribution in [0.1, 0.15) is 10.4 Å². The summed E-state index contributed by atoms with van der Waals surface area (Å²) in [5, 5.41) is 10.9. The number of anilines is 1. The van der Waals surface area contributed by atoms with Crippen molar-refractivity contribution in [2.24, 2.45) is 0 Å². The summed E-state index contributed by atoms with van der Waals surface area (Å²) in [6, 6.07) is 14.3. The number of aromatic nitrogens is 2. The van der Waals surface area contributed by atoms with Gasteiger partial charge in [-0.1, -0.05) is 23.9 Å². The zero-order valence-electron chi connectivity index (χ0n) is 14.1. The van der Waals surface area contributed by atoms with Crippen LogP contribution >= 0.6 is 34.4 Å². The molecule has 1 aromatic heterocycles. The van der Waals surface area contributed by atoms with Gasteiger partial charge in [-0.05, 0) is 59.0 Å². The Morgan fingerprint density at radius 2 is 1.89 bits per heavy atom. The fourth-order valence-corrected chi connectivity index (χ4v) is 3.09. The first kappa shape index (κ1) is 19.4. The maximum absolute atomic E-state index is 12.2. The molecule has 1 N–H and O–H groups in total. The van der Waals surface area contributed by atoms with Crippen molar-refractivity contribution in [3.63, 3.8) is 0 Å². The van der Waals surface area contributed by atoms with Gasteiger partial charge >= 0.3 is 5.97 Å². The number of carbonyl (C=O) groups excluding carboxylic acids is 2. The van der Waals surface area contributed by atoms with Gasteiger partial charge in [0.15, 0.2) is 0 Å². The molecular weight excluding hydrogens is 481 g/mol. The second kappa shape index (κ2) is 9.00. The van der Waals surface area contributed by atoms with Crippen LogP contribution in [0.5, 0.6) is 0 Å². The van der Waals surface area contributed by atoms with E-state index >= 15 is 0 Å². The van der Waals surface area contributed by atoms with Crippen molar-refractivity contribution < 1.29 is 18.7 Å². The predicted molar refractivity (Wildman–Crippen MR) is 110 cm³/mol. The molecule has 3 rings (SSSR count). The molecule has 0 radical (unpaired) electrons. The number of benzene rings is 2. The minimum Gasteiger partial charge on any atom is -0.465 e. The summed E-state index contributed by atoms with van der Waals surface area (Å²) in [5.74, 6) is -0.363. The Hall–Kier alpha value is -2.40. The van der Waals surface area contributed by atoms with Crippen LogP contribution in [0.25, 0.3) is 11.5 Å². The van der Waals surface area contributed by atoms with E-state index in [1.165, 1.54) is 7.11 Å². The van der Waals surface area contributed by atoms with E-state index < -0.39 is 5.97 Å². The molecule has 0 spiro atoms. The molecule has 3 aromatic rings. The Balaban J connectivity index is 1.60. The number of methoxy groups -OCH3 is 1. The second-order valence-electron chi connectivity index (χ2n) is 5.25. The number of esters is 1. The first-order valence-corrected chi connectivity index (χ1v) is 9.82. The summed E-state index contributed by atoms with van der Waals surface area (Å²) in [7, 11) is 1.29. The van der Waals surface area contributed by atoms with Gasteiger partial charge in [-0.3, -0.25) is 4.79 Å². The standard InChI is InChI=1S/C18H14IN3O4S/c1-25-17(24)13-4-2-3-5-14(13)20-15(23)10-27-18-22-21-16(26-18)11-6-8-12(19)9-7-11/h2-9H,10H2,1H3,(H,20,23). The van der Waals surface area contributed by atoms with Gasteiger partial charge in [-0.25, -0.2) is 4.79 Å². The number of rotatable bonds is 6. The third-order valence-electron chi connectivity index (χ3n) is 3.43. The maximum atomic E-state index is 12.2. The summed E-state index contributed by atoms with van der Waals surface area (Å²) in [6.07, 6.45) is 0.